The number of rotatable bonds is 1. The molecule has 1 rings (SSSR count). The molecule has 0 aliphatic carbocycles. The van der Waals surface area contributed by atoms with Crippen LogP contribution in [0.5, 0.6) is 5.75 Å². The molecule has 0 spiro atoms. The minimum atomic E-state index is -0.146. The van der Waals surface area contributed by atoms with Crippen molar-refractivity contribution in [2.75, 3.05) is 0 Å². The van der Waals surface area contributed by atoms with Crippen molar-refractivity contribution in [2.45, 2.75) is 0 Å². The van der Waals surface area contributed by atoms with Gasteiger partial charge in [-0.3, -0.25) is 0 Å². The van der Waals surface area contributed by atoms with Gasteiger partial charge in [0.15, 0.2) is 0 Å². The number of aromatic hydroxyl groups is 1. The Bertz CT molecular complexity index is 368. The van der Waals surface area contributed by atoms with Gasteiger partial charge in [0.25, 0.3) is 0 Å². The Morgan fingerprint density at radius 2 is 2.25 bits per heavy atom. The Morgan fingerprint density at radius 1 is 1.58 bits per heavy atom. The SMILES string of the molecule is N#Cc1cccc(C(N)=S)c1O. The molecule has 0 radical (unpaired) electrons. The van der Waals surface area contributed by atoms with Crippen LogP contribution in [-0.4, -0.2) is 10.1 Å². The molecule has 12 heavy (non-hydrogen) atoms. The first-order valence-corrected chi connectivity index (χ1v) is 3.59. The minimum Gasteiger partial charge on any atom is -0.506 e. The van der Waals surface area contributed by atoms with Gasteiger partial charge < -0.3 is 10.8 Å². The van der Waals surface area contributed by atoms with E-state index >= 15 is 0 Å². The van der Waals surface area contributed by atoms with Gasteiger partial charge >= 0.3 is 0 Å². The number of para-hydroxylation sites is 1. The molecule has 4 heteroatoms. The minimum absolute atomic E-state index is 0.0876. The second-order valence-electron chi connectivity index (χ2n) is 2.18. The van der Waals surface area contributed by atoms with E-state index in [-0.39, 0.29) is 16.3 Å². The zero-order valence-electron chi connectivity index (χ0n) is 6.11. The first-order chi connectivity index (χ1) is 5.66. The summed E-state index contributed by atoms with van der Waals surface area (Å²) in [6.07, 6.45) is 0. The Hall–Kier alpha value is -1.60. The number of phenols is 1. The van der Waals surface area contributed by atoms with E-state index in [1.54, 1.807) is 12.1 Å². The van der Waals surface area contributed by atoms with Crippen LogP contribution in [0.1, 0.15) is 11.1 Å². The lowest BCUT2D eigenvalue weighted by Crippen LogP contribution is -2.09. The molecule has 0 aromatic heterocycles. The summed E-state index contributed by atoms with van der Waals surface area (Å²) in [5.41, 5.74) is 5.82. The molecule has 0 saturated heterocycles. The summed E-state index contributed by atoms with van der Waals surface area (Å²) in [6, 6.07) is 6.51. The predicted molar refractivity (Wildman–Crippen MR) is 48.7 cm³/mol. The fourth-order valence-electron chi connectivity index (χ4n) is 0.833. The lowest BCUT2D eigenvalue weighted by Gasteiger charge is -2.01. The number of hydrogen-bond acceptors (Lipinski definition) is 3. The van der Waals surface area contributed by atoms with Crippen LogP contribution in [-0.2, 0) is 0 Å². The van der Waals surface area contributed by atoms with Gasteiger partial charge in [0, 0.05) is 0 Å². The normalized spacial score (nSPS) is 8.92. The summed E-state index contributed by atoms with van der Waals surface area (Å²) in [4.78, 5) is 0.0876. The largest absolute Gasteiger partial charge is 0.506 e. The maximum atomic E-state index is 9.37. The van der Waals surface area contributed by atoms with Crippen molar-refractivity contribution in [1.29, 1.82) is 5.26 Å². The standard InChI is InChI=1S/C8H6N2OS/c9-4-5-2-1-3-6(7(5)11)8(10)12/h1-3,11H,(H2,10,12). The average molecular weight is 178 g/mol. The number of nitrogens with two attached hydrogens (primary N) is 1. The van der Waals surface area contributed by atoms with Gasteiger partial charge in [0.2, 0.25) is 0 Å². The van der Waals surface area contributed by atoms with Crippen LogP contribution in [0.15, 0.2) is 18.2 Å². The smallest absolute Gasteiger partial charge is 0.143 e. The molecule has 1 aromatic carbocycles. The zero-order chi connectivity index (χ0) is 9.14. The number of thiocarbonyl (C=S) groups is 1. The van der Waals surface area contributed by atoms with Gasteiger partial charge in [0.1, 0.15) is 16.8 Å². The fourth-order valence-corrected chi connectivity index (χ4v) is 0.997. The van der Waals surface area contributed by atoms with E-state index in [0.29, 0.717) is 5.56 Å². The topological polar surface area (TPSA) is 70.0 Å². The molecule has 0 heterocycles. The lowest BCUT2D eigenvalue weighted by atomic mass is 10.1. The Balaban J connectivity index is 3.35. The third-order valence-corrected chi connectivity index (χ3v) is 1.64. The fraction of sp³-hybridized carbons (Fsp3) is 0. The van der Waals surface area contributed by atoms with Gasteiger partial charge in [0.05, 0.1) is 11.1 Å². The van der Waals surface area contributed by atoms with Gasteiger partial charge in [-0.2, -0.15) is 5.26 Å². The first kappa shape index (κ1) is 8.50. The second kappa shape index (κ2) is 3.20. The Morgan fingerprint density at radius 3 is 2.75 bits per heavy atom. The third-order valence-electron chi connectivity index (χ3n) is 1.42. The quantitative estimate of drug-likeness (QED) is 0.627. The van der Waals surface area contributed by atoms with E-state index in [9.17, 15) is 5.11 Å². The molecule has 0 aliphatic rings. The van der Waals surface area contributed by atoms with E-state index in [2.05, 4.69) is 12.2 Å². The van der Waals surface area contributed by atoms with Gasteiger partial charge in [-0.1, -0.05) is 18.3 Å². The van der Waals surface area contributed by atoms with Crippen molar-refractivity contribution < 1.29 is 5.11 Å². The first-order valence-electron chi connectivity index (χ1n) is 3.18. The Labute approximate surface area is 75.0 Å². The summed E-state index contributed by atoms with van der Waals surface area (Å²) >= 11 is 4.67. The van der Waals surface area contributed by atoms with Crippen molar-refractivity contribution in [3.05, 3.63) is 29.3 Å². The molecule has 0 amide bonds. The molecule has 0 aliphatic heterocycles. The molecule has 60 valence electrons. The summed E-state index contributed by atoms with van der Waals surface area (Å²) in [5, 5.41) is 17.9. The summed E-state index contributed by atoms with van der Waals surface area (Å²) in [5.74, 6) is -0.146. The van der Waals surface area contributed by atoms with Crippen LogP contribution in [0.2, 0.25) is 0 Å². The van der Waals surface area contributed by atoms with Gasteiger partial charge in [-0.15, -0.1) is 0 Å². The highest BCUT2D eigenvalue weighted by Crippen LogP contribution is 2.20. The molecule has 1 aromatic rings. The molecule has 3 N–H and O–H groups in total. The van der Waals surface area contributed by atoms with Crippen molar-refractivity contribution in [3.63, 3.8) is 0 Å². The van der Waals surface area contributed by atoms with Crippen LogP contribution in [0.4, 0.5) is 0 Å². The predicted octanol–water partition coefficient (Wildman–Crippen LogP) is 0.898. The van der Waals surface area contributed by atoms with Crippen molar-refractivity contribution in [2.24, 2.45) is 5.73 Å². The summed E-state index contributed by atoms with van der Waals surface area (Å²) < 4.78 is 0. The zero-order valence-corrected chi connectivity index (χ0v) is 6.93. The van der Waals surface area contributed by atoms with Crippen LogP contribution in [0.3, 0.4) is 0 Å². The van der Waals surface area contributed by atoms with E-state index in [0.717, 1.165) is 0 Å². The average Bonchev–Trinajstić information content (AvgIpc) is 2.04. The van der Waals surface area contributed by atoms with E-state index in [1.165, 1.54) is 6.07 Å². The third kappa shape index (κ3) is 1.36. The van der Waals surface area contributed by atoms with E-state index < -0.39 is 0 Å². The second-order valence-corrected chi connectivity index (χ2v) is 2.62. The van der Waals surface area contributed by atoms with Crippen LogP contribution in [0.25, 0.3) is 0 Å². The van der Waals surface area contributed by atoms with Crippen LogP contribution < -0.4 is 5.73 Å². The van der Waals surface area contributed by atoms with Gasteiger partial charge in [-0.05, 0) is 12.1 Å². The molecule has 0 atom stereocenters. The van der Waals surface area contributed by atoms with Crippen LogP contribution >= 0.6 is 12.2 Å². The van der Waals surface area contributed by atoms with Crippen molar-refractivity contribution >= 4 is 17.2 Å². The molecule has 3 nitrogen and oxygen atoms in total. The number of nitrogens with zero attached hydrogens (tertiary/aromatic N) is 1. The van der Waals surface area contributed by atoms with Crippen LogP contribution in [0, 0.1) is 11.3 Å². The highest BCUT2D eigenvalue weighted by molar-refractivity contribution is 7.80. The molecule has 0 saturated carbocycles. The summed E-state index contributed by atoms with van der Waals surface area (Å²) in [7, 11) is 0. The van der Waals surface area contributed by atoms with Gasteiger partial charge in [-0.25, -0.2) is 0 Å². The maximum Gasteiger partial charge on any atom is 0.143 e. The maximum absolute atomic E-state index is 9.37. The van der Waals surface area contributed by atoms with E-state index in [4.69, 9.17) is 11.0 Å². The molecular formula is C8H6N2OS. The monoisotopic (exact) mass is 178 g/mol. The molecule has 0 unspecified atom stereocenters. The van der Waals surface area contributed by atoms with Crippen molar-refractivity contribution in [1.82, 2.24) is 0 Å². The summed E-state index contributed by atoms with van der Waals surface area (Å²) in [6.45, 7) is 0. The molecular weight excluding hydrogens is 172 g/mol. The number of phenolic OH excluding ortho intramolecular Hbond substituents is 1. The molecule has 0 fully saturated rings. The number of hydrogen-bond donors (Lipinski definition) is 2. The molecule has 0 bridgehead atoms. The highest BCUT2D eigenvalue weighted by Gasteiger charge is 2.07. The Kier molecular flexibility index (Phi) is 2.26. The van der Waals surface area contributed by atoms with Crippen molar-refractivity contribution in [3.8, 4) is 11.8 Å². The number of benzene rings is 1. The number of nitriles is 1. The highest BCUT2D eigenvalue weighted by atomic mass is 32.1. The van der Waals surface area contributed by atoms with E-state index in [1.807, 2.05) is 6.07 Å². The lowest BCUT2D eigenvalue weighted by molar-refractivity contribution is 0.472.